The molecule has 0 atom stereocenters. The summed E-state index contributed by atoms with van der Waals surface area (Å²) in [6.07, 6.45) is 2.08. The molecule has 2 aliphatic heterocycles. The van der Waals surface area contributed by atoms with Crippen molar-refractivity contribution in [2.75, 3.05) is 49.6 Å². The highest BCUT2D eigenvalue weighted by atomic mass is 32.2. The van der Waals surface area contributed by atoms with Crippen LogP contribution in [0.5, 0.6) is 0 Å². The zero-order valence-electron chi connectivity index (χ0n) is 19.2. The van der Waals surface area contributed by atoms with Crippen molar-refractivity contribution in [2.45, 2.75) is 31.6 Å². The minimum atomic E-state index is -3.72. The number of amides is 1. The van der Waals surface area contributed by atoms with Gasteiger partial charge in [0, 0.05) is 37.6 Å². The van der Waals surface area contributed by atoms with E-state index in [2.05, 4.69) is 25.3 Å². The second-order valence-corrected chi connectivity index (χ2v) is 10.5. The average Bonchev–Trinajstić information content (AvgIpc) is 3.50. The Balaban J connectivity index is 1.50. The second-order valence-electron chi connectivity index (χ2n) is 8.53. The summed E-state index contributed by atoms with van der Waals surface area (Å²) in [5.74, 6) is -0.218. The molecule has 2 aliphatic rings. The number of aromatic nitrogens is 4. The van der Waals surface area contributed by atoms with E-state index in [0.29, 0.717) is 37.8 Å². The van der Waals surface area contributed by atoms with Crippen molar-refractivity contribution < 1.29 is 17.9 Å². The van der Waals surface area contributed by atoms with Crippen molar-refractivity contribution in [3.63, 3.8) is 0 Å². The summed E-state index contributed by atoms with van der Waals surface area (Å²) in [6, 6.07) is 6.75. The van der Waals surface area contributed by atoms with Crippen molar-refractivity contribution >= 4 is 33.1 Å². The number of carbonyl (C=O) groups excluding carboxylic acids is 1. The van der Waals surface area contributed by atoms with Gasteiger partial charge in [-0.2, -0.15) is 9.29 Å². The number of ether oxygens (including phenoxy) is 1. The Kier molecular flexibility index (Phi) is 5.96. The molecule has 34 heavy (non-hydrogen) atoms. The number of hydrogen-bond acceptors (Lipinski definition) is 8. The second kappa shape index (κ2) is 8.93. The molecule has 5 rings (SSSR count). The van der Waals surface area contributed by atoms with Crippen LogP contribution in [0.25, 0.3) is 5.78 Å². The number of anilines is 2. The molecule has 1 N–H and O–H groups in total. The Labute approximate surface area is 197 Å². The maximum atomic E-state index is 13.2. The van der Waals surface area contributed by atoms with E-state index in [-0.39, 0.29) is 10.7 Å². The Morgan fingerprint density at radius 2 is 1.76 bits per heavy atom. The molecule has 11 nitrogen and oxygen atoms in total. The van der Waals surface area contributed by atoms with Crippen LogP contribution in [0.15, 0.2) is 29.2 Å². The fraction of sp³-hybridized carbons (Fsp3) is 0.455. The number of aryl methyl sites for hydroxylation is 2. The van der Waals surface area contributed by atoms with Crippen molar-refractivity contribution in [1.82, 2.24) is 23.9 Å². The third-order valence-electron chi connectivity index (χ3n) is 6.09. The SMILES string of the molecule is Cc1cc(C)n2nc(C(=O)Nc3cc(S(=O)(=O)N4CCOCC4)ccc3N3CCCC3)nc2n1. The van der Waals surface area contributed by atoms with Crippen molar-refractivity contribution in [1.29, 1.82) is 0 Å². The Morgan fingerprint density at radius 3 is 2.50 bits per heavy atom. The van der Waals surface area contributed by atoms with Gasteiger partial charge in [-0.15, -0.1) is 5.10 Å². The number of hydrogen-bond donors (Lipinski definition) is 1. The van der Waals surface area contributed by atoms with Crippen LogP contribution >= 0.6 is 0 Å². The quantitative estimate of drug-likeness (QED) is 0.579. The first kappa shape index (κ1) is 22.7. The molecule has 1 amide bonds. The molecule has 180 valence electrons. The highest BCUT2D eigenvalue weighted by Crippen LogP contribution is 2.32. The van der Waals surface area contributed by atoms with E-state index in [1.54, 1.807) is 12.1 Å². The smallest absolute Gasteiger partial charge is 0.295 e. The van der Waals surface area contributed by atoms with Gasteiger partial charge in [0.1, 0.15) is 0 Å². The summed E-state index contributed by atoms with van der Waals surface area (Å²) >= 11 is 0. The van der Waals surface area contributed by atoms with Gasteiger partial charge in [-0.05, 0) is 51.0 Å². The van der Waals surface area contributed by atoms with Crippen LogP contribution < -0.4 is 10.2 Å². The molecule has 3 aromatic rings. The summed E-state index contributed by atoms with van der Waals surface area (Å²) in [5, 5.41) is 7.16. The van der Waals surface area contributed by atoms with Gasteiger partial charge >= 0.3 is 0 Å². The molecule has 0 aliphatic carbocycles. The Bertz CT molecular complexity index is 1340. The normalized spacial score (nSPS) is 17.4. The maximum absolute atomic E-state index is 13.2. The van der Waals surface area contributed by atoms with Gasteiger partial charge in [-0.3, -0.25) is 4.79 Å². The highest BCUT2D eigenvalue weighted by molar-refractivity contribution is 7.89. The third-order valence-corrected chi connectivity index (χ3v) is 7.99. The van der Waals surface area contributed by atoms with E-state index in [0.717, 1.165) is 43.0 Å². The first-order valence-electron chi connectivity index (χ1n) is 11.3. The van der Waals surface area contributed by atoms with Gasteiger partial charge in [0.2, 0.25) is 15.8 Å². The molecule has 2 aromatic heterocycles. The molecule has 4 heterocycles. The van der Waals surface area contributed by atoms with Crippen LogP contribution in [0.1, 0.15) is 34.8 Å². The number of sulfonamides is 1. The van der Waals surface area contributed by atoms with E-state index >= 15 is 0 Å². The minimum Gasteiger partial charge on any atom is -0.379 e. The van der Waals surface area contributed by atoms with Gasteiger partial charge in [0.15, 0.2) is 0 Å². The zero-order valence-corrected chi connectivity index (χ0v) is 20.0. The Morgan fingerprint density at radius 1 is 1.03 bits per heavy atom. The number of nitrogens with one attached hydrogen (secondary N) is 1. The number of fused-ring (bicyclic) bond motifs is 1. The summed E-state index contributed by atoms with van der Waals surface area (Å²) in [4.78, 5) is 24.0. The van der Waals surface area contributed by atoms with Crippen molar-refractivity contribution in [3.05, 3.63) is 41.5 Å². The number of benzene rings is 1. The van der Waals surface area contributed by atoms with E-state index < -0.39 is 15.9 Å². The molecular formula is C22H27N7O4S. The first-order chi connectivity index (χ1) is 16.3. The number of rotatable bonds is 5. The fourth-order valence-electron chi connectivity index (χ4n) is 4.39. The van der Waals surface area contributed by atoms with Gasteiger partial charge in [0.05, 0.1) is 29.5 Å². The summed E-state index contributed by atoms with van der Waals surface area (Å²) in [5.41, 5.74) is 2.79. The molecule has 0 unspecified atom stereocenters. The molecule has 2 saturated heterocycles. The van der Waals surface area contributed by atoms with Crippen LogP contribution in [0, 0.1) is 13.8 Å². The first-order valence-corrected chi connectivity index (χ1v) is 12.8. The molecule has 1 aromatic carbocycles. The van der Waals surface area contributed by atoms with Crippen LogP contribution in [-0.2, 0) is 14.8 Å². The van der Waals surface area contributed by atoms with Gasteiger partial charge < -0.3 is 15.0 Å². The average molecular weight is 486 g/mol. The van der Waals surface area contributed by atoms with Gasteiger partial charge in [-0.1, -0.05) is 0 Å². The summed E-state index contributed by atoms with van der Waals surface area (Å²) in [7, 11) is -3.72. The van der Waals surface area contributed by atoms with E-state index in [4.69, 9.17) is 4.74 Å². The lowest BCUT2D eigenvalue weighted by Crippen LogP contribution is -2.40. The lowest BCUT2D eigenvalue weighted by atomic mass is 10.2. The Hall–Kier alpha value is -3.09. The zero-order chi connectivity index (χ0) is 23.9. The fourth-order valence-corrected chi connectivity index (χ4v) is 5.82. The molecule has 0 radical (unpaired) electrons. The summed E-state index contributed by atoms with van der Waals surface area (Å²) < 4.78 is 34.7. The van der Waals surface area contributed by atoms with Crippen LogP contribution in [0.4, 0.5) is 11.4 Å². The number of nitrogens with zero attached hydrogens (tertiary/aromatic N) is 6. The van der Waals surface area contributed by atoms with Crippen molar-refractivity contribution in [3.8, 4) is 0 Å². The van der Waals surface area contributed by atoms with Crippen LogP contribution in [0.3, 0.4) is 0 Å². The largest absolute Gasteiger partial charge is 0.379 e. The lowest BCUT2D eigenvalue weighted by Gasteiger charge is -2.27. The van der Waals surface area contributed by atoms with Gasteiger partial charge in [-0.25, -0.2) is 17.9 Å². The van der Waals surface area contributed by atoms with Gasteiger partial charge in [0.25, 0.3) is 11.7 Å². The number of morpholine rings is 1. The maximum Gasteiger partial charge on any atom is 0.295 e. The molecular weight excluding hydrogens is 458 g/mol. The molecule has 0 spiro atoms. The van der Waals surface area contributed by atoms with E-state index in [1.165, 1.54) is 14.9 Å². The topological polar surface area (TPSA) is 122 Å². The summed E-state index contributed by atoms with van der Waals surface area (Å²) in [6.45, 7) is 6.72. The van der Waals surface area contributed by atoms with Crippen LogP contribution in [-0.4, -0.2) is 77.6 Å². The highest BCUT2D eigenvalue weighted by Gasteiger charge is 2.28. The molecule has 0 bridgehead atoms. The molecule has 12 heteroatoms. The van der Waals surface area contributed by atoms with Crippen LogP contribution in [0.2, 0.25) is 0 Å². The standard InChI is InChI=1S/C22H27N7O4S/c1-15-13-16(2)29-22(23-15)25-20(26-29)21(30)24-18-14-17(5-6-19(18)27-7-3-4-8-27)34(31,32)28-9-11-33-12-10-28/h5-6,13-14H,3-4,7-12H2,1-2H3,(H,24,30). The predicted octanol–water partition coefficient (Wildman–Crippen LogP) is 1.61. The van der Waals surface area contributed by atoms with Crippen molar-refractivity contribution in [2.24, 2.45) is 0 Å². The van der Waals surface area contributed by atoms with E-state index in [1.807, 2.05) is 19.9 Å². The van der Waals surface area contributed by atoms with E-state index in [9.17, 15) is 13.2 Å². The molecule has 2 fully saturated rings. The number of carbonyl (C=O) groups is 1. The third kappa shape index (κ3) is 4.24. The lowest BCUT2D eigenvalue weighted by molar-refractivity contribution is 0.0730. The monoisotopic (exact) mass is 485 g/mol. The molecule has 0 saturated carbocycles. The minimum absolute atomic E-state index is 0.0324. The predicted molar refractivity (Wildman–Crippen MR) is 126 cm³/mol.